The molecule has 0 fully saturated rings. The summed E-state index contributed by atoms with van der Waals surface area (Å²) in [6, 6.07) is 18.6. The van der Waals surface area contributed by atoms with Crippen molar-refractivity contribution in [2.24, 2.45) is 0 Å². The summed E-state index contributed by atoms with van der Waals surface area (Å²) in [6.07, 6.45) is 12.8. The van der Waals surface area contributed by atoms with E-state index >= 15 is 0 Å². The predicted octanol–water partition coefficient (Wildman–Crippen LogP) is 5.79. The second-order valence-electron chi connectivity index (χ2n) is 6.68. The molecule has 2 aromatic carbocycles. The summed E-state index contributed by atoms with van der Waals surface area (Å²) in [5.41, 5.74) is 4.63. The van der Waals surface area contributed by atoms with E-state index < -0.39 is 5.97 Å². The lowest BCUT2D eigenvalue weighted by Crippen LogP contribution is -2.17. The van der Waals surface area contributed by atoms with Crippen molar-refractivity contribution in [3.63, 3.8) is 0 Å². The molecule has 2 rings (SSSR count). The maximum absolute atomic E-state index is 10.9. The van der Waals surface area contributed by atoms with Gasteiger partial charge in [0.05, 0.1) is 0 Å². The van der Waals surface area contributed by atoms with Crippen LogP contribution in [-0.4, -0.2) is 18.1 Å². The minimum Gasteiger partial charge on any atom is -0.481 e. The number of carbonyl (C=O) groups is 1. The summed E-state index contributed by atoms with van der Waals surface area (Å²) in [5, 5.41) is 8.93. The number of carboxylic acids is 1. The molecule has 0 spiro atoms. The zero-order valence-corrected chi connectivity index (χ0v) is 16.7. The molecule has 28 heavy (non-hydrogen) atoms. The smallest absolute Gasteiger partial charge is 0.303 e. The van der Waals surface area contributed by atoms with Crippen LogP contribution in [0.15, 0.2) is 90.7 Å². The fourth-order valence-electron chi connectivity index (χ4n) is 2.96. The Labute approximate surface area is 168 Å². The van der Waals surface area contributed by atoms with Crippen molar-refractivity contribution < 1.29 is 9.90 Å². The molecule has 0 heterocycles. The third-order valence-corrected chi connectivity index (χ3v) is 4.57. The normalized spacial score (nSPS) is 12.0. The molecule has 0 aliphatic heterocycles. The maximum atomic E-state index is 10.9. The molecule has 146 valence electrons. The lowest BCUT2D eigenvalue weighted by molar-refractivity contribution is -0.136. The van der Waals surface area contributed by atoms with Gasteiger partial charge in [0.25, 0.3) is 0 Å². The lowest BCUT2D eigenvalue weighted by atomic mass is 10.1. The van der Waals surface area contributed by atoms with Gasteiger partial charge in [-0.05, 0) is 55.5 Å². The molecular formula is C25H29NO2. The summed E-state index contributed by atoms with van der Waals surface area (Å²) >= 11 is 0. The van der Waals surface area contributed by atoms with Gasteiger partial charge in [0.15, 0.2) is 0 Å². The third-order valence-electron chi connectivity index (χ3n) is 4.57. The molecule has 0 aliphatic rings. The van der Waals surface area contributed by atoms with E-state index in [1.807, 2.05) is 43.4 Å². The summed E-state index contributed by atoms with van der Waals surface area (Å²) in [6.45, 7) is 2.00. The minimum absolute atomic E-state index is 0.149. The molecule has 0 amide bonds. The Morgan fingerprint density at radius 2 is 1.64 bits per heavy atom. The summed E-state index contributed by atoms with van der Waals surface area (Å²) in [4.78, 5) is 13.0. The number of rotatable bonds is 10. The molecule has 0 unspecified atom stereocenters. The molecule has 3 heteroatoms. The first-order valence-electron chi connectivity index (χ1n) is 9.67. The Morgan fingerprint density at radius 3 is 2.36 bits per heavy atom. The molecule has 0 atom stereocenters. The number of nitrogens with zero attached hydrogens (tertiary/aromatic N) is 1. The van der Waals surface area contributed by atoms with Crippen LogP contribution in [0.25, 0.3) is 0 Å². The summed E-state index contributed by atoms with van der Waals surface area (Å²) in [5.74, 6) is -0.767. The van der Waals surface area contributed by atoms with Gasteiger partial charge in [0.1, 0.15) is 0 Å². The minimum atomic E-state index is -0.767. The van der Waals surface area contributed by atoms with E-state index in [4.69, 9.17) is 5.11 Å². The van der Waals surface area contributed by atoms with Gasteiger partial charge in [-0.2, -0.15) is 0 Å². The Hall–Kier alpha value is -3.07. The van der Waals surface area contributed by atoms with Gasteiger partial charge in [0, 0.05) is 24.9 Å². The van der Waals surface area contributed by atoms with E-state index in [0.717, 1.165) is 24.1 Å². The molecule has 0 aliphatic carbocycles. The number of benzene rings is 2. The zero-order valence-electron chi connectivity index (χ0n) is 16.7. The monoisotopic (exact) mass is 375 g/mol. The highest BCUT2D eigenvalue weighted by Crippen LogP contribution is 2.23. The fourth-order valence-corrected chi connectivity index (χ4v) is 2.96. The fraction of sp³-hybridized carbons (Fsp3) is 0.240. The zero-order chi connectivity index (χ0) is 20.2. The van der Waals surface area contributed by atoms with E-state index in [9.17, 15) is 4.79 Å². The van der Waals surface area contributed by atoms with E-state index in [-0.39, 0.29) is 6.42 Å². The average Bonchev–Trinajstić information content (AvgIpc) is 2.72. The van der Waals surface area contributed by atoms with Crippen molar-refractivity contribution in [3.05, 3.63) is 102 Å². The lowest BCUT2D eigenvalue weighted by Gasteiger charge is -2.23. The number of allylic oxidation sites excluding steroid dienone is 6. The summed E-state index contributed by atoms with van der Waals surface area (Å²) in [7, 11) is 2.07. The molecule has 1 N–H and O–H groups in total. The molecular weight excluding hydrogens is 346 g/mol. The van der Waals surface area contributed by atoms with E-state index in [1.165, 1.54) is 11.3 Å². The van der Waals surface area contributed by atoms with E-state index in [0.29, 0.717) is 6.42 Å². The molecule has 0 bridgehead atoms. The first kappa shape index (κ1) is 21.2. The second-order valence-corrected chi connectivity index (χ2v) is 6.68. The van der Waals surface area contributed by atoms with Crippen molar-refractivity contribution in [2.75, 3.05) is 11.9 Å². The van der Waals surface area contributed by atoms with Crippen molar-refractivity contribution in [2.45, 2.75) is 32.6 Å². The largest absolute Gasteiger partial charge is 0.481 e. The van der Waals surface area contributed by atoms with Crippen LogP contribution in [-0.2, 0) is 17.6 Å². The van der Waals surface area contributed by atoms with Gasteiger partial charge < -0.3 is 10.0 Å². The first-order valence-corrected chi connectivity index (χ1v) is 9.67. The molecule has 3 nitrogen and oxygen atoms in total. The van der Waals surface area contributed by atoms with Crippen molar-refractivity contribution >= 4 is 11.7 Å². The van der Waals surface area contributed by atoms with Crippen LogP contribution in [0, 0.1) is 0 Å². The Morgan fingerprint density at radius 1 is 0.929 bits per heavy atom. The van der Waals surface area contributed by atoms with Crippen molar-refractivity contribution in [1.29, 1.82) is 0 Å². The SMILES string of the molecule is C/C=C/C=C/C=C(/CCc1ccccc1)N(C)c1cccc(CCC(=O)O)c1. The quantitative estimate of drug-likeness (QED) is 0.534. The third kappa shape index (κ3) is 7.28. The topological polar surface area (TPSA) is 40.5 Å². The van der Waals surface area contributed by atoms with E-state index in [2.05, 4.69) is 60.5 Å². The van der Waals surface area contributed by atoms with Crippen LogP contribution in [0.1, 0.15) is 30.9 Å². The number of aryl methyl sites for hydroxylation is 2. The molecule has 0 aromatic heterocycles. The van der Waals surface area contributed by atoms with Crippen molar-refractivity contribution in [3.8, 4) is 0 Å². The van der Waals surface area contributed by atoms with Crippen LogP contribution in [0.5, 0.6) is 0 Å². The summed E-state index contributed by atoms with van der Waals surface area (Å²) < 4.78 is 0. The van der Waals surface area contributed by atoms with Gasteiger partial charge >= 0.3 is 5.97 Å². The number of anilines is 1. The maximum Gasteiger partial charge on any atom is 0.303 e. The molecule has 0 saturated heterocycles. The second kappa shape index (κ2) is 11.6. The highest BCUT2D eigenvalue weighted by Gasteiger charge is 2.09. The van der Waals surface area contributed by atoms with Crippen LogP contribution in [0.2, 0.25) is 0 Å². The molecule has 0 radical (unpaired) electrons. The average molecular weight is 376 g/mol. The Bertz CT molecular complexity index is 835. The number of carboxylic acid groups (broad SMARTS) is 1. The van der Waals surface area contributed by atoms with Crippen LogP contribution in [0.3, 0.4) is 0 Å². The highest BCUT2D eigenvalue weighted by molar-refractivity contribution is 5.67. The van der Waals surface area contributed by atoms with Gasteiger partial charge in [-0.25, -0.2) is 0 Å². The van der Waals surface area contributed by atoms with E-state index in [1.54, 1.807) is 0 Å². The van der Waals surface area contributed by atoms with Crippen LogP contribution >= 0.6 is 0 Å². The molecule has 2 aromatic rings. The van der Waals surface area contributed by atoms with Gasteiger partial charge in [-0.1, -0.05) is 66.8 Å². The van der Waals surface area contributed by atoms with Gasteiger partial charge in [-0.3, -0.25) is 4.79 Å². The van der Waals surface area contributed by atoms with Crippen molar-refractivity contribution in [1.82, 2.24) is 0 Å². The number of aliphatic carboxylic acids is 1. The predicted molar refractivity (Wildman–Crippen MR) is 118 cm³/mol. The Kier molecular flexibility index (Phi) is 8.80. The highest BCUT2D eigenvalue weighted by atomic mass is 16.4. The number of hydrogen-bond acceptors (Lipinski definition) is 2. The number of hydrogen-bond donors (Lipinski definition) is 1. The van der Waals surface area contributed by atoms with Crippen LogP contribution in [0.4, 0.5) is 5.69 Å². The van der Waals surface area contributed by atoms with Gasteiger partial charge in [0.2, 0.25) is 0 Å². The standard InChI is InChI=1S/C25H29NO2/c1-3-4-5-9-14-23(18-16-21-11-7-6-8-12-21)26(2)24-15-10-13-22(20-24)17-19-25(27)28/h3-15,20H,16-19H2,1-2H3,(H,27,28)/b4-3+,9-5+,23-14-. The molecule has 0 saturated carbocycles. The van der Waals surface area contributed by atoms with Crippen LogP contribution < -0.4 is 4.90 Å². The Balaban J connectivity index is 2.18. The van der Waals surface area contributed by atoms with Gasteiger partial charge in [-0.15, -0.1) is 0 Å². The first-order chi connectivity index (χ1) is 13.6.